The van der Waals surface area contributed by atoms with Crippen LogP contribution in [0.2, 0.25) is 5.02 Å². The predicted octanol–water partition coefficient (Wildman–Crippen LogP) is 3.25. The number of benzene rings is 2. The highest BCUT2D eigenvalue weighted by Gasteiger charge is 2.19. The number of hydrogen-bond acceptors (Lipinski definition) is 7. The van der Waals surface area contributed by atoms with Crippen molar-refractivity contribution in [3.05, 3.63) is 55.5 Å². The molecule has 0 saturated heterocycles. The minimum Gasteiger partial charge on any atom is -0.500 e. The smallest absolute Gasteiger partial charge is 0.315 e. The highest BCUT2D eigenvalue weighted by Crippen LogP contribution is 2.36. The third-order valence-corrected chi connectivity index (χ3v) is 4.00. The van der Waals surface area contributed by atoms with E-state index in [4.69, 9.17) is 21.1 Å². The molecular formula is C16H13BrClN3O6. The van der Waals surface area contributed by atoms with Gasteiger partial charge in [0.05, 0.1) is 22.7 Å². The SMILES string of the molecule is COc1cc(C=NNC(=O)COc2ccc(Cl)cc2Br)cc([N+](=O)[O-])c1O. The monoisotopic (exact) mass is 457 g/mol. The zero-order valence-electron chi connectivity index (χ0n) is 13.8. The van der Waals surface area contributed by atoms with Crippen molar-refractivity contribution >= 4 is 45.3 Å². The second-order valence-electron chi connectivity index (χ2n) is 5.00. The number of phenolic OH excluding ortho intramolecular Hbond substituents is 1. The van der Waals surface area contributed by atoms with Gasteiger partial charge in [-0.1, -0.05) is 11.6 Å². The Morgan fingerprint density at radius 3 is 2.78 bits per heavy atom. The number of nitro benzene ring substituents is 1. The molecule has 2 aromatic carbocycles. The van der Waals surface area contributed by atoms with Crippen molar-refractivity contribution in [1.29, 1.82) is 0 Å². The average molecular weight is 459 g/mol. The third kappa shape index (κ3) is 5.56. The van der Waals surface area contributed by atoms with Crippen LogP contribution in [0.4, 0.5) is 5.69 Å². The maximum Gasteiger partial charge on any atom is 0.315 e. The molecule has 0 unspecified atom stereocenters. The van der Waals surface area contributed by atoms with Crippen LogP contribution in [0.1, 0.15) is 5.56 Å². The van der Waals surface area contributed by atoms with Crippen molar-refractivity contribution in [2.45, 2.75) is 0 Å². The van der Waals surface area contributed by atoms with E-state index in [1.54, 1.807) is 18.2 Å². The second-order valence-corrected chi connectivity index (χ2v) is 6.30. The number of halogens is 2. The van der Waals surface area contributed by atoms with Crippen LogP contribution in [0.3, 0.4) is 0 Å². The molecule has 0 heterocycles. The van der Waals surface area contributed by atoms with E-state index in [9.17, 15) is 20.0 Å². The van der Waals surface area contributed by atoms with E-state index in [-0.39, 0.29) is 17.9 Å². The maximum atomic E-state index is 11.8. The molecule has 2 aromatic rings. The number of phenols is 1. The molecule has 0 atom stereocenters. The normalized spacial score (nSPS) is 10.6. The number of methoxy groups -OCH3 is 1. The summed E-state index contributed by atoms with van der Waals surface area (Å²) in [6.07, 6.45) is 1.17. The van der Waals surface area contributed by atoms with Crippen LogP contribution in [0.5, 0.6) is 17.2 Å². The van der Waals surface area contributed by atoms with Crippen molar-refractivity contribution in [2.75, 3.05) is 13.7 Å². The number of nitro groups is 1. The summed E-state index contributed by atoms with van der Waals surface area (Å²) < 4.78 is 10.8. The minimum absolute atomic E-state index is 0.0899. The summed E-state index contributed by atoms with van der Waals surface area (Å²) in [5.74, 6) is -0.802. The molecule has 2 rings (SSSR count). The molecule has 0 bridgehead atoms. The molecule has 0 aliphatic heterocycles. The number of rotatable bonds is 7. The lowest BCUT2D eigenvalue weighted by molar-refractivity contribution is -0.386. The number of amides is 1. The van der Waals surface area contributed by atoms with Gasteiger partial charge in [-0.15, -0.1) is 0 Å². The van der Waals surface area contributed by atoms with Crippen molar-refractivity contribution < 1.29 is 24.3 Å². The quantitative estimate of drug-likeness (QED) is 0.373. The first-order valence-corrected chi connectivity index (χ1v) is 8.44. The molecular weight excluding hydrogens is 446 g/mol. The van der Waals surface area contributed by atoms with Crippen LogP contribution >= 0.6 is 27.5 Å². The number of nitrogens with one attached hydrogen (secondary N) is 1. The van der Waals surface area contributed by atoms with Gasteiger partial charge in [-0.05, 0) is 40.2 Å². The minimum atomic E-state index is -0.758. The Morgan fingerprint density at radius 1 is 1.41 bits per heavy atom. The number of aromatic hydroxyl groups is 1. The molecule has 0 spiro atoms. The summed E-state index contributed by atoms with van der Waals surface area (Å²) in [6, 6.07) is 7.26. The number of nitrogens with zero attached hydrogens (tertiary/aromatic N) is 2. The van der Waals surface area contributed by atoms with Gasteiger partial charge in [0.1, 0.15) is 5.75 Å². The molecule has 11 heteroatoms. The largest absolute Gasteiger partial charge is 0.500 e. The van der Waals surface area contributed by atoms with E-state index in [2.05, 4.69) is 26.5 Å². The van der Waals surface area contributed by atoms with Gasteiger partial charge >= 0.3 is 5.69 Å². The van der Waals surface area contributed by atoms with E-state index >= 15 is 0 Å². The van der Waals surface area contributed by atoms with Gasteiger partial charge in [0.15, 0.2) is 12.4 Å². The maximum absolute atomic E-state index is 11.8. The van der Waals surface area contributed by atoms with E-state index in [1.807, 2.05) is 0 Å². The van der Waals surface area contributed by atoms with Gasteiger partial charge < -0.3 is 14.6 Å². The lowest BCUT2D eigenvalue weighted by Gasteiger charge is -2.07. The predicted molar refractivity (Wildman–Crippen MR) is 102 cm³/mol. The molecule has 1 amide bonds. The van der Waals surface area contributed by atoms with E-state index in [0.29, 0.717) is 15.2 Å². The fourth-order valence-electron chi connectivity index (χ4n) is 1.93. The topological polar surface area (TPSA) is 123 Å². The number of hydrazone groups is 1. The molecule has 142 valence electrons. The van der Waals surface area contributed by atoms with Gasteiger partial charge in [0.2, 0.25) is 5.75 Å². The lowest BCUT2D eigenvalue weighted by atomic mass is 10.2. The van der Waals surface area contributed by atoms with Gasteiger partial charge in [-0.25, -0.2) is 5.43 Å². The van der Waals surface area contributed by atoms with Crippen LogP contribution in [0.15, 0.2) is 39.9 Å². The second kappa shape index (κ2) is 9.19. The van der Waals surface area contributed by atoms with Crippen molar-refractivity contribution in [2.24, 2.45) is 5.10 Å². The van der Waals surface area contributed by atoms with E-state index < -0.39 is 22.3 Å². The first kappa shape index (κ1) is 20.5. The number of carbonyl (C=O) groups excluding carboxylic acids is 1. The van der Waals surface area contributed by atoms with Crippen LogP contribution < -0.4 is 14.9 Å². The molecule has 0 aliphatic rings. The summed E-state index contributed by atoms with van der Waals surface area (Å²) in [7, 11) is 1.26. The van der Waals surface area contributed by atoms with Crippen LogP contribution in [0, 0.1) is 10.1 Å². The zero-order chi connectivity index (χ0) is 20.0. The average Bonchev–Trinajstić information content (AvgIpc) is 2.61. The third-order valence-electron chi connectivity index (χ3n) is 3.15. The van der Waals surface area contributed by atoms with Crippen molar-refractivity contribution in [1.82, 2.24) is 5.43 Å². The lowest BCUT2D eigenvalue weighted by Crippen LogP contribution is -2.24. The number of carbonyl (C=O) groups is 1. The molecule has 27 heavy (non-hydrogen) atoms. The number of hydrogen-bond donors (Lipinski definition) is 2. The Balaban J connectivity index is 1.99. The molecule has 0 aliphatic carbocycles. The molecule has 0 radical (unpaired) electrons. The van der Waals surface area contributed by atoms with Gasteiger partial charge in [0.25, 0.3) is 5.91 Å². The number of ether oxygens (including phenoxy) is 2. The van der Waals surface area contributed by atoms with Gasteiger partial charge in [-0.3, -0.25) is 14.9 Å². The Morgan fingerprint density at radius 2 is 2.15 bits per heavy atom. The highest BCUT2D eigenvalue weighted by molar-refractivity contribution is 9.10. The Bertz CT molecular complexity index is 906. The fraction of sp³-hybridized carbons (Fsp3) is 0.125. The fourth-order valence-corrected chi connectivity index (χ4v) is 2.73. The van der Waals surface area contributed by atoms with Crippen LogP contribution in [0.25, 0.3) is 0 Å². The standard InChI is InChI=1S/C16H13BrClN3O6/c1-26-14-5-9(4-12(16(14)23)21(24)25)7-19-20-15(22)8-27-13-3-2-10(18)6-11(13)17/h2-7,23H,8H2,1H3,(H,20,22). The summed E-state index contributed by atoms with van der Waals surface area (Å²) in [4.78, 5) is 22.0. The molecule has 0 saturated carbocycles. The van der Waals surface area contributed by atoms with Crippen molar-refractivity contribution in [3.8, 4) is 17.2 Å². The van der Waals surface area contributed by atoms with Gasteiger partial charge in [-0.2, -0.15) is 5.10 Å². The van der Waals surface area contributed by atoms with E-state index in [0.717, 1.165) is 6.07 Å². The molecule has 0 fully saturated rings. The summed E-state index contributed by atoms with van der Waals surface area (Å²) >= 11 is 9.08. The summed E-state index contributed by atoms with van der Waals surface area (Å²) in [6.45, 7) is -0.309. The summed E-state index contributed by atoms with van der Waals surface area (Å²) in [5, 5.41) is 24.9. The first-order chi connectivity index (χ1) is 12.8. The Labute approximate surface area is 166 Å². The molecule has 9 nitrogen and oxygen atoms in total. The molecule has 2 N–H and O–H groups in total. The Hall–Kier alpha value is -2.85. The summed E-state index contributed by atoms with van der Waals surface area (Å²) in [5.41, 5.74) is 1.93. The Kier molecular flexibility index (Phi) is 6.97. The first-order valence-electron chi connectivity index (χ1n) is 7.27. The highest BCUT2D eigenvalue weighted by atomic mass is 79.9. The van der Waals surface area contributed by atoms with Crippen LogP contribution in [-0.2, 0) is 4.79 Å². The van der Waals surface area contributed by atoms with Gasteiger partial charge in [0, 0.05) is 16.7 Å². The zero-order valence-corrected chi connectivity index (χ0v) is 16.2. The van der Waals surface area contributed by atoms with Crippen molar-refractivity contribution in [3.63, 3.8) is 0 Å². The van der Waals surface area contributed by atoms with Crippen LogP contribution in [-0.4, -0.2) is 35.9 Å². The molecule has 0 aromatic heterocycles. The van der Waals surface area contributed by atoms with E-state index in [1.165, 1.54) is 19.4 Å².